The monoisotopic (exact) mass is 491 g/mol. The molecule has 2 aromatic carbocycles. The molecule has 0 radical (unpaired) electrons. The van der Waals surface area contributed by atoms with Gasteiger partial charge >= 0.3 is 0 Å². The number of nitrogens with zero attached hydrogens (tertiary/aromatic N) is 4. The minimum absolute atomic E-state index is 0.0124. The molecule has 184 valence electrons. The van der Waals surface area contributed by atoms with Crippen LogP contribution in [0.3, 0.4) is 0 Å². The minimum Gasteiger partial charge on any atom is -0.333 e. The number of carbonyl (C=O) groups excluding carboxylic acids is 1. The SMILES string of the molecule is [2H]C([2H])([2H])N1CC(c2ccc(NC(=O)c3cnc(-c4c(-c5ccc(F)cc5)ncn4C4CCC4)[nH]3)c(F)c2)C1. The van der Waals surface area contributed by atoms with E-state index in [1.165, 1.54) is 35.4 Å². The molecule has 3 heterocycles. The van der Waals surface area contributed by atoms with E-state index in [9.17, 15) is 13.6 Å². The van der Waals surface area contributed by atoms with Crippen LogP contribution in [-0.2, 0) is 0 Å². The lowest BCUT2D eigenvalue weighted by atomic mass is 9.92. The van der Waals surface area contributed by atoms with Crippen molar-refractivity contribution in [3.63, 3.8) is 0 Å². The molecule has 2 N–H and O–H groups in total. The van der Waals surface area contributed by atoms with Crippen molar-refractivity contribution in [3.05, 3.63) is 77.9 Å². The molecule has 2 fully saturated rings. The lowest BCUT2D eigenvalue weighted by Gasteiger charge is -2.36. The number of imidazole rings is 2. The summed E-state index contributed by atoms with van der Waals surface area (Å²) < 4.78 is 52.8. The normalized spacial score (nSPS) is 18.1. The topological polar surface area (TPSA) is 78.8 Å². The highest BCUT2D eigenvalue weighted by molar-refractivity contribution is 6.03. The van der Waals surface area contributed by atoms with Gasteiger partial charge < -0.3 is 19.8 Å². The van der Waals surface area contributed by atoms with Crippen molar-refractivity contribution in [1.82, 2.24) is 24.4 Å². The first kappa shape index (κ1) is 19.4. The summed E-state index contributed by atoms with van der Waals surface area (Å²) in [5.41, 5.74) is 2.89. The van der Waals surface area contributed by atoms with Crippen molar-refractivity contribution in [3.8, 4) is 22.8 Å². The van der Waals surface area contributed by atoms with Crippen LogP contribution in [0.25, 0.3) is 22.8 Å². The molecule has 2 aliphatic rings. The number of nitrogens with one attached hydrogen (secondary N) is 2. The van der Waals surface area contributed by atoms with Crippen LogP contribution in [0.4, 0.5) is 14.5 Å². The Labute approximate surface area is 211 Å². The number of hydrogen-bond acceptors (Lipinski definition) is 4. The molecule has 0 bridgehead atoms. The lowest BCUT2D eigenvalue weighted by Crippen LogP contribution is -2.41. The molecule has 1 aliphatic carbocycles. The molecule has 1 amide bonds. The summed E-state index contributed by atoms with van der Waals surface area (Å²) in [6.45, 7) is -1.49. The molecule has 0 atom stereocenters. The largest absolute Gasteiger partial charge is 0.333 e. The number of halogens is 2. The Morgan fingerprint density at radius 3 is 2.64 bits per heavy atom. The summed E-state index contributed by atoms with van der Waals surface area (Å²) in [5.74, 6) is -1.15. The van der Waals surface area contributed by atoms with Crippen molar-refractivity contribution in [1.29, 1.82) is 0 Å². The lowest BCUT2D eigenvalue weighted by molar-refractivity contribution is 0.102. The Bertz CT molecular complexity index is 1520. The van der Waals surface area contributed by atoms with Crippen LogP contribution in [0.2, 0.25) is 0 Å². The zero-order valence-electron chi connectivity index (χ0n) is 22.3. The molecule has 1 saturated carbocycles. The zero-order chi connectivity index (χ0) is 27.3. The molecular weight excluding hydrogens is 462 g/mol. The van der Waals surface area contributed by atoms with Crippen LogP contribution in [0.5, 0.6) is 0 Å². The first-order valence-corrected chi connectivity index (χ1v) is 11.9. The number of carbonyl (C=O) groups is 1. The summed E-state index contributed by atoms with van der Waals surface area (Å²) in [7, 11) is 0. The van der Waals surface area contributed by atoms with Crippen molar-refractivity contribution in [2.75, 3.05) is 25.4 Å². The van der Waals surface area contributed by atoms with Crippen molar-refractivity contribution in [2.24, 2.45) is 0 Å². The van der Waals surface area contributed by atoms with E-state index >= 15 is 0 Å². The van der Waals surface area contributed by atoms with Crippen LogP contribution < -0.4 is 5.32 Å². The van der Waals surface area contributed by atoms with Crippen LogP contribution in [-0.4, -0.2) is 50.4 Å². The molecule has 6 rings (SSSR count). The number of H-pyrrole nitrogens is 1. The Kier molecular flexibility index (Phi) is 4.83. The smallest absolute Gasteiger partial charge is 0.273 e. The minimum atomic E-state index is -2.15. The molecule has 9 heteroatoms. The van der Waals surface area contributed by atoms with E-state index in [-0.39, 0.29) is 29.2 Å². The number of anilines is 1. The van der Waals surface area contributed by atoms with E-state index < -0.39 is 18.7 Å². The van der Waals surface area contributed by atoms with E-state index in [0.29, 0.717) is 35.9 Å². The second-order valence-corrected chi connectivity index (χ2v) is 9.38. The molecule has 0 spiro atoms. The Morgan fingerprint density at radius 2 is 1.94 bits per heavy atom. The Morgan fingerprint density at radius 1 is 1.14 bits per heavy atom. The first-order chi connectivity index (χ1) is 18.7. The van der Waals surface area contributed by atoms with E-state index in [0.717, 1.165) is 24.8 Å². The molecule has 0 unspecified atom stereocenters. The third-order valence-corrected chi connectivity index (χ3v) is 7.02. The van der Waals surface area contributed by atoms with Crippen molar-refractivity contribution < 1.29 is 17.7 Å². The van der Waals surface area contributed by atoms with Crippen LogP contribution in [0.15, 0.2) is 55.0 Å². The standard InChI is InChI=1S/C27H26F2N6O/c1-34-13-18(14-34)17-7-10-22(21(29)11-17)33-27(36)23-12-30-26(32-23)25-24(16-5-8-19(28)9-6-16)31-15-35(25)20-3-2-4-20/h5-12,15,18,20H,2-4,13-14H2,1H3,(H,30,32)(H,33,36)/i1D3. The van der Waals surface area contributed by atoms with Gasteiger partial charge in [0.05, 0.1) is 23.9 Å². The van der Waals surface area contributed by atoms with Gasteiger partial charge in [0.25, 0.3) is 5.91 Å². The van der Waals surface area contributed by atoms with E-state index in [2.05, 4.69) is 20.3 Å². The summed E-state index contributed by atoms with van der Waals surface area (Å²) >= 11 is 0. The highest BCUT2D eigenvalue weighted by Gasteiger charge is 2.28. The molecule has 2 aromatic heterocycles. The summed E-state index contributed by atoms with van der Waals surface area (Å²) in [4.78, 5) is 26.4. The van der Waals surface area contributed by atoms with E-state index in [1.807, 2.05) is 4.57 Å². The van der Waals surface area contributed by atoms with Crippen LogP contribution in [0.1, 0.15) is 51.4 Å². The maximum Gasteiger partial charge on any atom is 0.273 e. The van der Waals surface area contributed by atoms with Gasteiger partial charge in [0.2, 0.25) is 0 Å². The third kappa shape index (κ3) is 4.09. The second kappa shape index (κ2) is 8.98. The molecular formula is C27H26F2N6O. The van der Waals surface area contributed by atoms with Gasteiger partial charge in [0.1, 0.15) is 23.0 Å². The average Bonchev–Trinajstić information content (AvgIpc) is 3.46. The highest BCUT2D eigenvalue weighted by Crippen LogP contribution is 2.39. The molecule has 36 heavy (non-hydrogen) atoms. The quantitative estimate of drug-likeness (QED) is 0.387. The predicted molar refractivity (Wildman–Crippen MR) is 133 cm³/mol. The predicted octanol–water partition coefficient (Wildman–Crippen LogP) is 5.22. The zero-order valence-corrected chi connectivity index (χ0v) is 19.3. The number of aromatic nitrogens is 4. The molecule has 1 saturated heterocycles. The van der Waals surface area contributed by atoms with Gasteiger partial charge in [-0.1, -0.05) is 6.07 Å². The number of hydrogen-bond donors (Lipinski definition) is 2. The van der Waals surface area contributed by atoms with Gasteiger partial charge in [0.15, 0.2) is 5.82 Å². The molecule has 1 aliphatic heterocycles. The van der Waals surface area contributed by atoms with Gasteiger partial charge in [-0.15, -0.1) is 0 Å². The number of benzene rings is 2. The average molecular weight is 492 g/mol. The molecule has 4 aromatic rings. The fourth-order valence-electron chi connectivity index (χ4n) is 4.68. The highest BCUT2D eigenvalue weighted by atomic mass is 19.1. The first-order valence-electron chi connectivity index (χ1n) is 13.4. The van der Waals surface area contributed by atoms with Crippen LogP contribution in [0, 0.1) is 11.6 Å². The van der Waals surface area contributed by atoms with Gasteiger partial charge in [0, 0.05) is 34.7 Å². The van der Waals surface area contributed by atoms with Crippen molar-refractivity contribution in [2.45, 2.75) is 31.2 Å². The number of aromatic amines is 1. The van der Waals surface area contributed by atoms with Gasteiger partial charge in [-0.25, -0.2) is 18.7 Å². The fourth-order valence-corrected chi connectivity index (χ4v) is 4.68. The van der Waals surface area contributed by atoms with Crippen molar-refractivity contribution >= 4 is 11.6 Å². The van der Waals surface area contributed by atoms with Gasteiger partial charge in [-0.05, 0) is 68.2 Å². The number of amides is 1. The number of likely N-dealkylation sites (tertiary alicyclic amines) is 1. The molecule has 7 nitrogen and oxygen atoms in total. The Balaban J connectivity index is 1.21. The maximum absolute atomic E-state index is 14.9. The van der Waals surface area contributed by atoms with Gasteiger partial charge in [-0.3, -0.25) is 4.79 Å². The Hall–Kier alpha value is -3.85. The van der Waals surface area contributed by atoms with E-state index in [1.54, 1.807) is 24.5 Å². The number of rotatable bonds is 6. The summed E-state index contributed by atoms with van der Waals surface area (Å²) in [6, 6.07) is 10.8. The fraction of sp³-hybridized carbons (Fsp3) is 0.296. The second-order valence-electron chi connectivity index (χ2n) is 9.38. The maximum atomic E-state index is 14.9. The summed E-state index contributed by atoms with van der Waals surface area (Å²) in [6.07, 6.45) is 6.26. The summed E-state index contributed by atoms with van der Waals surface area (Å²) in [5, 5.41) is 2.58. The third-order valence-electron chi connectivity index (χ3n) is 7.02. The van der Waals surface area contributed by atoms with Crippen LogP contribution >= 0.6 is 0 Å². The van der Waals surface area contributed by atoms with Gasteiger partial charge in [-0.2, -0.15) is 0 Å². The van der Waals surface area contributed by atoms with E-state index in [4.69, 9.17) is 4.11 Å². The number of likely N-dealkylation sites (N-methyl/N-ethyl adjacent to an activating group) is 1.